The Hall–Kier alpha value is -3.52. The van der Waals surface area contributed by atoms with Crippen molar-refractivity contribution in [3.63, 3.8) is 0 Å². The van der Waals surface area contributed by atoms with E-state index < -0.39 is 32.2 Å². The maximum Gasteiger partial charge on any atom is 0.528 e. The normalized spacial score (nSPS) is 16.5. The van der Waals surface area contributed by atoms with E-state index in [-0.39, 0.29) is 29.1 Å². The number of anilines is 2. The number of benzene rings is 1. The summed E-state index contributed by atoms with van der Waals surface area (Å²) >= 11 is 0. The molecule has 2 aromatic rings. The van der Waals surface area contributed by atoms with Gasteiger partial charge >= 0.3 is 11.8 Å². The average molecular weight is 510 g/mol. The smallest absolute Gasteiger partial charge is 0.472 e. The Morgan fingerprint density at radius 3 is 2.54 bits per heavy atom. The van der Waals surface area contributed by atoms with Crippen LogP contribution in [0.3, 0.4) is 0 Å². The van der Waals surface area contributed by atoms with Crippen molar-refractivity contribution in [2.75, 3.05) is 31.3 Å². The van der Waals surface area contributed by atoms with Gasteiger partial charge in [0.15, 0.2) is 9.84 Å². The number of hydrogen-bond acceptors (Lipinski definition) is 12. The fourth-order valence-electron chi connectivity index (χ4n) is 3.23. The summed E-state index contributed by atoms with van der Waals surface area (Å²) in [6, 6.07) is 5.71. The third-order valence-electron chi connectivity index (χ3n) is 4.81. The molecule has 0 bridgehead atoms. The molecule has 1 aliphatic heterocycles. The summed E-state index contributed by atoms with van der Waals surface area (Å²) in [5.41, 5.74) is -0.734. The van der Waals surface area contributed by atoms with Gasteiger partial charge in [0.25, 0.3) is 5.88 Å². The molecule has 2 heterocycles. The lowest BCUT2D eigenvalue weighted by atomic mass is 10.1. The first-order valence-corrected chi connectivity index (χ1v) is 12.6. The highest BCUT2D eigenvalue weighted by molar-refractivity contribution is 7.90. The van der Waals surface area contributed by atoms with E-state index in [9.17, 15) is 23.3 Å². The van der Waals surface area contributed by atoms with Gasteiger partial charge in [0.2, 0.25) is 5.82 Å². The largest absolute Gasteiger partial charge is 0.528 e. The van der Waals surface area contributed by atoms with Gasteiger partial charge in [-0.15, -0.1) is 5.06 Å². The molecule has 0 amide bonds. The van der Waals surface area contributed by atoms with Crippen molar-refractivity contribution in [3.05, 3.63) is 40.7 Å². The molecule has 1 N–H and O–H groups in total. The summed E-state index contributed by atoms with van der Waals surface area (Å²) in [7, 11) is -3.37. The number of carbonyl (C=O) groups is 1. The van der Waals surface area contributed by atoms with Gasteiger partial charge in [0, 0.05) is 31.0 Å². The molecular formula is C21H27N5O8S. The topological polar surface area (TPSA) is 163 Å². The van der Waals surface area contributed by atoms with Crippen molar-refractivity contribution in [1.29, 1.82) is 0 Å². The third kappa shape index (κ3) is 7.48. The van der Waals surface area contributed by atoms with E-state index in [1.54, 1.807) is 20.8 Å². The number of rotatable bonds is 8. The first-order valence-electron chi connectivity index (χ1n) is 10.7. The molecule has 1 unspecified atom stereocenters. The molecule has 3 rings (SSSR count). The quantitative estimate of drug-likeness (QED) is 0.315. The van der Waals surface area contributed by atoms with Crippen LogP contribution in [-0.2, 0) is 19.4 Å². The van der Waals surface area contributed by atoms with Crippen molar-refractivity contribution in [1.82, 2.24) is 15.0 Å². The molecule has 0 aliphatic carbocycles. The summed E-state index contributed by atoms with van der Waals surface area (Å²) in [6.45, 7) is 6.14. The van der Waals surface area contributed by atoms with Gasteiger partial charge in [-0.3, -0.25) is 10.1 Å². The number of carbonyl (C=O) groups excluding carboxylic acids is 1. The van der Waals surface area contributed by atoms with Crippen LogP contribution in [-0.4, -0.2) is 66.1 Å². The monoisotopic (exact) mass is 509 g/mol. The highest BCUT2D eigenvalue weighted by atomic mass is 32.2. The molecule has 1 fully saturated rings. The SMILES string of the molecule is CC(C)(C)OC(=O)ON1CCC(COc2ncnc(Nc3ccc(S(C)(=O)=O)cc3)c2[N+](=O)[O-])C1. The molecule has 1 aliphatic rings. The molecule has 1 aromatic carbocycles. The minimum atomic E-state index is -3.37. The molecule has 0 spiro atoms. The zero-order chi connectivity index (χ0) is 25.8. The van der Waals surface area contributed by atoms with Crippen molar-refractivity contribution in [3.8, 4) is 5.88 Å². The van der Waals surface area contributed by atoms with Crippen LogP contribution in [0.2, 0.25) is 0 Å². The average Bonchev–Trinajstić information content (AvgIpc) is 3.17. The number of nitro groups is 1. The molecular weight excluding hydrogens is 482 g/mol. The van der Waals surface area contributed by atoms with E-state index in [0.717, 1.165) is 12.6 Å². The van der Waals surface area contributed by atoms with Gasteiger partial charge in [0.05, 0.1) is 16.4 Å². The van der Waals surface area contributed by atoms with Crippen LogP contribution in [0.15, 0.2) is 35.5 Å². The summed E-state index contributed by atoms with van der Waals surface area (Å²) in [5, 5.41) is 16.0. The minimum absolute atomic E-state index is 0.0630. The van der Waals surface area contributed by atoms with E-state index in [0.29, 0.717) is 25.2 Å². The molecule has 1 atom stereocenters. The lowest BCUT2D eigenvalue weighted by Crippen LogP contribution is -2.31. The predicted molar refractivity (Wildman–Crippen MR) is 124 cm³/mol. The lowest BCUT2D eigenvalue weighted by Gasteiger charge is -2.21. The molecule has 1 aromatic heterocycles. The van der Waals surface area contributed by atoms with Crippen molar-refractivity contribution in [2.45, 2.75) is 37.7 Å². The molecule has 1 saturated heterocycles. The van der Waals surface area contributed by atoms with Gasteiger partial charge in [-0.2, -0.15) is 4.98 Å². The third-order valence-corrected chi connectivity index (χ3v) is 5.94. The first-order chi connectivity index (χ1) is 16.3. The maximum absolute atomic E-state index is 11.8. The van der Waals surface area contributed by atoms with Crippen LogP contribution in [0.4, 0.5) is 22.0 Å². The number of hydroxylamine groups is 2. The van der Waals surface area contributed by atoms with E-state index in [1.165, 1.54) is 29.3 Å². The fourth-order valence-corrected chi connectivity index (χ4v) is 3.86. The Balaban J connectivity index is 1.64. The first kappa shape index (κ1) is 26.1. The van der Waals surface area contributed by atoms with Crippen LogP contribution in [0.5, 0.6) is 5.88 Å². The molecule has 14 heteroatoms. The molecule has 0 radical (unpaired) electrons. The molecule has 190 valence electrons. The van der Waals surface area contributed by atoms with E-state index in [2.05, 4.69) is 15.3 Å². The van der Waals surface area contributed by atoms with E-state index >= 15 is 0 Å². The number of aromatic nitrogens is 2. The van der Waals surface area contributed by atoms with E-state index in [4.69, 9.17) is 14.3 Å². The van der Waals surface area contributed by atoms with Gasteiger partial charge in [-0.1, -0.05) is 0 Å². The van der Waals surface area contributed by atoms with E-state index in [1.807, 2.05) is 0 Å². The number of hydrogen-bond donors (Lipinski definition) is 1. The number of nitrogens with one attached hydrogen (secondary N) is 1. The summed E-state index contributed by atoms with van der Waals surface area (Å²) < 4.78 is 34.0. The van der Waals surface area contributed by atoms with Gasteiger partial charge in [-0.25, -0.2) is 18.2 Å². The Morgan fingerprint density at radius 1 is 1.26 bits per heavy atom. The Labute approximate surface area is 202 Å². The van der Waals surface area contributed by atoms with Gasteiger partial charge in [-0.05, 0) is 51.5 Å². The summed E-state index contributed by atoms with van der Waals surface area (Å²) in [4.78, 5) is 36.1. The van der Waals surface area contributed by atoms with Crippen molar-refractivity contribution in [2.24, 2.45) is 5.92 Å². The molecule has 13 nitrogen and oxygen atoms in total. The van der Waals surface area contributed by atoms with Gasteiger partial charge < -0.3 is 19.6 Å². The van der Waals surface area contributed by atoms with Crippen LogP contribution in [0.25, 0.3) is 0 Å². The van der Waals surface area contributed by atoms with Crippen LogP contribution >= 0.6 is 0 Å². The van der Waals surface area contributed by atoms with Crippen molar-refractivity contribution < 1.29 is 32.4 Å². The highest BCUT2D eigenvalue weighted by Gasteiger charge is 2.30. The van der Waals surface area contributed by atoms with Crippen LogP contribution < -0.4 is 10.1 Å². The lowest BCUT2D eigenvalue weighted by molar-refractivity contribution is -0.385. The number of sulfone groups is 1. The van der Waals surface area contributed by atoms with Crippen LogP contribution in [0.1, 0.15) is 27.2 Å². The fraction of sp³-hybridized carbons (Fsp3) is 0.476. The molecule has 0 saturated carbocycles. The maximum atomic E-state index is 11.8. The highest BCUT2D eigenvalue weighted by Crippen LogP contribution is 2.33. The standard InChI is InChI=1S/C21H27N5O8S/c1-21(2,3)33-20(27)34-25-10-9-14(11-25)12-32-19-17(26(28)29)18(22-13-23-19)24-15-5-7-16(8-6-15)35(4,30)31/h5-8,13-14H,9-12H2,1-4H3,(H,22,23,24). The second kappa shape index (κ2) is 10.4. The predicted octanol–water partition coefficient (Wildman–Crippen LogP) is 3.10. The van der Waals surface area contributed by atoms with Gasteiger partial charge in [0.1, 0.15) is 11.9 Å². The van der Waals surface area contributed by atoms with Crippen molar-refractivity contribution >= 4 is 33.2 Å². The summed E-state index contributed by atoms with van der Waals surface area (Å²) in [6.07, 6.45) is 2.05. The second-order valence-corrected chi connectivity index (χ2v) is 11.0. The Bertz CT molecular complexity index is 1180. The number of ether oxygens (including phenoxy) is 2. The Kier molecular flexibility index (Phi) is 7.75. The minimum Gasteiger partial charge on any atom is -0.472 e. The summed E-state index contributed by atoms with van der Waals surface area (Å²) in [5.74, 6) is -0.382. The zero-order valence-electron chi connectivity index (χ0n) is 19.8. The van der Waals surface area contributed by atoms with Crippen LogP contribution in [0, 0.1) is 16.0 Å². The number of nitrogens with zero attached hydrogens (tertiary/aromatic N) is 4. The Morgan fingerprint density at radius 2 is 1.94 bits per heavy atom. The zero-order valence-corrected chi connectivity index (χ0v) is 20.6. The molecule has 35 heavy (non-hydrogen) atoms. The second-order valence-electron chi connectivity index (χ2n) is 8.96.